The number of hydrogen-bond acceptors (Lipinski definition) is 2. The Kier molecular flexibility index (Phi) is 4.21. The van der Waals surface area contributed by atoms with Gasteiger partial charge in [0.1, 0.15) is 0 Å². The smallest absolute Gasteiger partial charge is 0.254 e. The minimum absolute atomic E-state index is 0.130. The summed E-state index contributed by atoms with van der Waals surface area (Å²) in [5.41, 5.74) is 5.46. The molecule has 0 fully saturated rings. The van der Waals surface area contributed by atoms with Crippen molar-refractivity contribution in [2.75, 3.05) is 5.32 Å². The van der Waals surface area contributed by atoms with Crippen molar-refractivity contribution >= 4 is 11.6 Å². The van der Waals surface area contributed by atoms with E-state index in [1.54, 1.807) is 0 Å². The molecule has 4 rings (SSSR count). The summed E-state index contributed by atoms with van der Waals surface area (Å²) in [5.74, 6) is 0.130. The quantitative estimate of drug-likeness (QED) is 0.750. The van der Waals surface area contributed by atoms with Crippen LogP contribution in [0.4, 0.5) is 5.69 Å². The first-order valence-electron chi connectivity index (χ1n) is 8.53. The molecular formula is C22H20N2O. The molecule has 124 valence electrons. The lowest BCUT2D eigenvalue weighted by atomic mass is 10.1. The van der Waals surface area contributed by atoms with Gasteiger partial charge in [0.05, 0.1) is 0 Å². The van der Waals surface area contributed by atoms with Crippen molar-refractivity contribution in [2.45, 2.75) is 19.6 Å². The molecule has 25 heavy (non-hydrogen) atoms. The van der Waals surface area contributed by atoms with E-state index in [0.717, 1.165) is 28.9 Å². The van der Waals surface area contributed by atoms with Gasteiger partial charge in [-0.05, 0) is 34.9 Å². The van der Waals surface area contributed by atoms with Crippen molar-refractivity contribution in [1.82, 2.24) is 4.90 Å². The molecule has 0 bridgehead atoms. The lowest BCUT2D eigenvalue weighted by Crippen LogP contribution is -2.23. The largest absolute Gasteiger partial charge is 0.381 e. The van der Waals surface area contributed by atoms with Gasteiger partial charge in [-0.25, -0.2) is 0 Å². The first kappa shape index (κ1) is 15.5. The van der Waals surface area contributed by atoms with Gasteiger partial charge in [-0.3, -0.25) is 4.79 Å². The van der Waals surface area contributed by atoms with Gasteiger partial charge in [0, 0.05) is 30.9 Å². The summed E-state index contributed by atoms with van der Waals surface area (Å²) >= 11 is 0. The van der Waals surface area contributed by atoms with Crippen molar-refractivity contribution < 1.29 is 4.79 Å². The minimum Gasteiger partial charge on any atom is -0.381 e. The van der Waals surface area contributed by atoms with E-state index in [1.165, 1.54) is 5.56 Å². The molecule has 0 spiro atoms. The maximum atomic E-state index is 12.4. The Balaban J connectivity index is 1.37. The highest BCUT2D eigenvalue weighted by molar-refractivity contribution is 5.98. The van der Waals surface area contributed by atoms with E-state index in [9.17, 15) is 4.79 Å². The summed E-state index contributed by atoms with van der Waals surface area (Å²) in [4.78, 5) is 14.3. The SMILES string of the molecule is O=C1c2ccccc2CN1Cc1ccc(CNc2ccccc2)cc1. The number of fused-ring (bicyclic) bond motifs is 1. The Bertz CT molecular complexity index is 872. The zero-order valence-electron chi connectivity index (χ0n) is 14.0. The fourth-order valence-corrected chi connectivity index (χ4v) is 3.19. The second-order valence-electron chi connectivity index (χ2n) is 6.35. The second kappa shape index (κ2) is 6.81. The third-order valence-corrected chi connectivity index (χ3v) is 4.56. The molecule has 0 unspecified atom stereocenters. The molecule has 1 amide bonds. The number of anilines is 1. The number of carbonyl (C=O) groups is 1. The molecule has 1 heterocycles. The van der Waals surface area contributed by atoms with E-state index < -0.39 is 0 Å². The molecular weight excluding hydrogens is 308 g/mol. The molecule has 3 heteroatoms. The Morgan fingerprint density at radius 1 is 0.800 bits per heavy atom. The number of nitrogens with one attached hydrogen (secondary N) is 1. The number of hydrogen-bond donors (Lipinski definition) is 1. The van der Waals surface area contributed by atoms with E-state index in [1.807, 2.05) is 47.4 Å². The van der Waals surface area contributed by atoms with Gasteiger partial charge in [0.2, 0.25) is 0 Å². The zero-order chi connectivity index (χ0) is 17.1. The van der Waals surface area contributed by atoms with E-state index in [2.05, 4.69) is 41.7 Å². The normalized spacial score (nSPS) is 13.0. The van der Waals surface area contributed by atoms with Gasteiger partial charge in [-0.2, -0.15) is 0 Å². The number of carbonyl (C=O) groups excluding carboxylic acids is 1. The first-order valence-corrected chi connectivity index (χ1v) is 8.53. The number of benzene rings is 3. The van der Waals surface area contributed by atoms with Crippen LogP contribution < -0.4 is 5.32 Å². The summed E-state index contributed by atoms with van der Waals surface area (Å²) in [5, 5.41) is 3.41. The Labute approximate surface area is 147 Å². The van der Waals surface area contributed by atoms with Crippen LogP contribution in [-0.4, -0.2) is 10.8 Å². The average molecular weight is 328 g/mol. The summed E-state index contributed by atoms with van der Waals surface area (Å²) in [6.07, 6.45) is 0. The van der Waals surface area contributed by atoms with Crippen molar-refractivity contribution in [3.8, 4) is 0 Å². The van der Waals surface area contributed by atoms with E-state index in [4.69, 9.17) is 0 Å². The second-order valence-corrected chi connectivity index (χ2v) is 6.35. The lowest BCUT2D eigenvalue weighted by molar-refractivity contribution is 0.0766. The van der Waals surface area contributed by atoms with Gasteiger partial charge in [-0.1, -0.05) is 60.7 Å². The van der Waals surface area contributed by atoms with Crippen molar-refractivity contribution in [2.24, 2.45) is 0 Å². The Morgan fingerprint density at radius 2 is 1.48 bits per heavy atom. The molecule has 0 atom stereocenters. The molecule has 0 radical (unpaired) electrons. The van der Waals surface area contributed by atoms with Crippen molar-refractivity contribution in [1.29, 1.82) is 0 Å². The highest BCUT2D eigenvalue weighted by Gasteiger charge is 2.26. The third-order valence-electron chi connectivity index (χ3n) is 4.56. The summed E-state index contributed by atoms with van der Waals surface area (Å²) in [7, 11) is 0. The van der Waals surface area contributed by atoms with Crippen LogP contribution in [0.25, 0.3) is 0 Å². The Hall–Kier alpha value is -3.07. The minimum atomic E-state index is 0.130. The number of rotatable bonds is 5. The van der Waals surface area contributed by atoms with Crippen LogP contribution in [0, 0.1) is 0 Å². The molecule has 0 aliphatic carbocycles. The first-order chi connectivity index (χ1) is 12.3. The molecule has 1 aliphatic rings. The van der Waals surface area contributed by atoms with Crippen molar-refractivity contribution in [3.05, 3.63) is 101 Å². The van der Waals surface area contributed by atoms with Crippen LogP contribution in [0.3, 0.4) is 0 Å². The fourth-order valence-electron chi connectivity index (χ4n) is 3.19. The molecule has 0 saturated heterocycles. The summed E-state index contributed by atoms with van der Waals surface area (Å²) < 4.78 is 0. The maximum Gasteiger partial charge on any atom is 0.254 e. The molecule has 1 N–H and O–H groups in total. The van der Waals surface area contributed by atoms with Gasteiger partial charge in [-0.15, -0.1) is 0 Å². The summed E-state index contributed by atoms with van der Waals surface area (Å²) in [6, 6.07) is 26.5. The highest BCUT2D eigenvalue weighted by atomic mass is 16.2. The standard InChI is InChI=1S/C22H20N2O/c25-22-21-9-5-4-6-19(21)16-24(22)15-18-12-10-17(11-13-18)14-23-20-7-2-1-3-8-20/h1-13,23H,14-16H2. The lowest BCUT2D eigenvalue weighted by Gasteiger charge is -2.16. The zero-order valence-corrected chi connectivity index (χ0v) is 14.0. The molecule has 3 nitrogen and oxygen atoms in total. The predicted octanol–water partition coefficient (Wildman–Crippen LogP) is 4.45. The van der Waals surface area contributed by atoms with Crippen LogP contribution in [0.2, 0.25) is 0 Å². The van der Waals surface area contributed by atoms with E-state index in [0.29, 0.717) is 13.1 Å². The average Bonchev–Trinajstić information content (AvgIpc) is 2.98. The van der Waals surface area contributed by atoms with Crippen LogP contribution in [0.15, 0.2) is 78.9 Å². The molecule has 3 aromatic rings. The van der Waals surface area contributed by atoms with E-state index >= 15 is 0 Å². The van der Waals surface area contributed by atoms with E-state index in [-0.39, 0.29) is 5.91 Å². The van der Waals surface area contributed by atoms with Crippen LogP contribution in [0.1, 0.15) is 27.0 Å². The van der Waals surface area contributed by atoms with Gasteiger partial charge in [0.15, 0.2) is 0 Å². The topological polar surface area (TPSA) is 32.3 Å². The van der Waals surface area contributed by atoms with Gasteiger partial charge < -0.3 is 10.2 Å². The Morgan fingerprint density at radius 3 is 2.24 bits per heavy atom. The molecule has 0 saturated carbocycles. The fraction of sp³-hybridized carbons (Fsp3) is 0.136. The van der Waals surface area contributed by atoms with Gasteiger partial charge in [0.25, 0.3) is 5.91 Å². The molecule has 1 aliphatic heterocycles. The number of nitrogens with zero attached hydrogens (tertiary/aromatic N) is 1. The monoisotopic (exact) mass is 328 g/mol. The van der Waals surface area contributed by atoms with Crippen LogP contribution >= 0.6 is 0 Å². The van der Waals surface area contributed by atoms with Crippen LogP contribution in [-0.2, 0) is 19.6 Å². The van der Waals surface area contributed by atoms with Crippen LogP contribution in [0.5, 0.6) is 0 Å². The summed E-state index contributed by atoms with van der Waals surface area (Å²) in [6.45, 7) is 2.14. The third kappa shape index (κ3) is 3.41. The van der Waals surface area contributed by atoms with Crippen molar-refractivity contribution in [3.63, 3.8) is 0 Å². The highest BCUT2D eigenvalue weighted by Crippen LogP contribution is 2.24. The van der Waals surface area contributed by atoms with Gasteiger partial charge >= 0.3 is 0 Å². The molecule has 3 aromatic carbocycles. The number of amides is 1. The number of para-hydroxylation sites is 1. The molecule has 0 aromatic heterocycles. The maximum absolute atomic E-state index is 12.4. The predicted molar refractivity (Wildman–Crippen MR) is 100 cm³/mol.